The Morgan fingerprint density at radius 3 is 2.40 bits per heavy atom. The van der Waals surface area contributed by atoms with Crippen LogP contribution in [0.5, 0.6) is 0 Å². The van der Waals surface area contributed by atoms with Crippen LogP contribution in [0.4, 0.5) is 0 Å². The van der Waals surface area contributed by atoms with Crippen molar-refractivity contribution >= 4 is 31.9 Å². The summed E-state index contributed by atoms with van der Waals surface area (Å²) in [4.78, 5) is 0. The van der Waals surface area contributed by atoms with Gasteiger partial charge in [0.2, 0.25) is 0 Å². The normalized spacial score (nSPS) is 28.4. The summed E-state index contributed by atoms with van der Waals surface area (Å²) in [7, 11) is 0. The Bertz CT molecular complexity index is 437. The van der Waals surface area contributed by atoms with Gasteiger partial charge in [0.1, 0.15) is 0 Å². The quantitative estimate of drug-likeness (QED) is 0.657. The molecule has 0 bridgehead atoms. The Morgan fingerprint density at radius 2 is 1.80 bits per heavy atom. The Kier molecular flexibility index (Phi) is 6.12. The highest BCUT2D eigenvalue weighted by atomic mass is 79.9. The van der Waals surface area contributed by atoms with E-state index in [1.807, 2.05) is 0 Å². The predicted octanol–water partition coefficient (Wildman–Crippen LogP) is 5.93. The van der Waals surface area contributed by atoms with Crippen molar-refractivity contribution in [1.29, 1.82) is 0 Å². The molecule has 0 radical (unpaired) electrons. The molecule has 1 fully saturated rings. The Hall–Kier alpha value is 0.140. The van der Waals surface area contributed by atoms with Gasteiger partial charge < -0.3 is 5.32 Å². The van der Waals surface area contributed by atoms with E-state index in [1.165, 1.54) is 29.3 Å². The third-order valence-corrected chi connectivity index (χ3v) is 5.62. The van der Waals surface area contributed by atoms with Crippen LogP contribution in [-0.2, 0) is 0 Å². The predicted molar refractivity (Wildman–Crippen MR) is 93.9 cm³/mol. The number of nitrogens with one attached hydrogen (secondary N) is 1. The third-order valence-electron chi connectivity index (χ3n) is 4.40. The molecule has 0 aliphatic heterocycles. The van der Waals surface area contributed by atoms with Crippen molar-refractivity contribution in [2.24, 2.45) is 17.8 Å². The van der Waals surface area contributed by atoms with Crippen molar-refractivity contribution < 1.29 is 0 Å². The van der Waals surface area contributed by atoms with Crippen molar-refractivity contribution in [3.63, 3.8) is 0 Å². The molecule has 1 aromatic carbocycles. The number of hydrogen-bond acceptors (Lipinski definition) is 1. The van der Waals surface area contributed by atoms with Gasteiger partial charge in [-0.3, -0.25) is 0 Å². The Balaban J connectivity index is 2.28. The van der Waals surface area contributed by atoms with Gasteiger partial charge in [-0.25, -0.2) is 0 Å². The lowest BCUT2D eigenvalue weighted by molar-refractivity contribution is 0.177. The molecule has 1 nitrogen and oxygen atoms in total. The number of halogens is 2. The van der Waals surface area contributed by atoms with Crippen LogP contribution in [-0.4, -0.2) is 6.54 Å². The maximum atomic E-state index is 3.74. The molecular formula is C17H25Br2N. The van der Waals surface area contributed by atoms with Gasteiger partial charge in [-0.15, -0.1) is 0 Å². The van der Waals surface area contributed by atoms with E-state index < -0.39 is 0 Å². The van der Waals surface area contributed by atoms with Gasteiger partial charge in [0.15, 0.2) is 0 Å². The fourth-order valence-electron chi connectivity index (χ4n) is 3.78. The van der Waals surface area contributed by atoms with Gasteiger partial charge in [0.25, 0.3) is 0 Å². The maximum Gasteiger partial charge on any atom is 0.0360 e. The van der Waals surface area contributed by atoms with E-state index in [9.17, 15) is 0 Å². The fourth-order valence-corrected chi connectivity index (χ4v) is 4.66. The SMILES string of the molecule is CCNC(c1cc(Br)ccc1Br)C1CC(C)CC(C)C1. The molecule has 0 heterocycles. The largest absolute Gasteiger partial charge is 0.310 e. The molecule has 0 saturated heterocycles. The van der Waals surface area contributed by atoms with Crippen molar-refractivity contribution in [3.05, 3.63) is 32.7 Å². The first-order valence-electron chi connectivity index (χ1n) is 7.69. The smallest absolute Gasteiger partial charge is 0.0360 e. The van der Waals surface area contributed by atoms with Gasteiger partial charge in [0.05, 0.1) is 0 Å². The van der Waals surface area contributed by atoms with Crippen LogP contribution in [0.15, 0.2) is 27.1 Å². The molecule has 112 valence electrons. The highest BCUT2D eigenvalue weighted by molar-refractivity contribution is 9.11. The van der Waals surface area contributed by atoms with Crippen molar-refractivity contribution in [3.8, 4) is 0 Å². The van der Waals surface area contributed by atoms with Gasteiger partial charge in [0, 0.05) is 15.0 Å². The van der Waals surface area contributed by atoms with Crippen LogP contribution >= 0.6 is 31.9 Å². The molecular weight excluding hydrogens is 378 g/mol. The average molecular weight is 403 g/mol. The van der Waals surface area contributed by atoms with E-state index in [1.54, 1.807) is 0 Å². The molecule has 0 spiro atoms. The molecule has 3 atom stereocenters. The number of benzene rings is 1. The summed E-state index contributed by atoms with van der Waals surface area (Å²) in [5, 5.41) is 3.73. The first-order valence-corrected chi connectivity index (χ1v) is 9.28. The summed E-state index contributed by atoms with van der Waals surface area (Å²) in [5.74, 6) is 2.42. The van der Waals surface area contributed by atoms with Gasteiger partial charge in [-0.1, -0.05) is 52.6 Å². The molecule has 1 aromatic rings. The summed E-state index contributed by atoms with van der Waals surface area (Å²) in [6.45, 7) is 8.03. The third kappa shape index (κ3) is 4.08. The summed E-state index contributed by atoms with van der Waals surface area (Å²) in [6, 6.07) is 6.97. The molecule has 3 unspecified atom stereocenters. The minimum Gasteiger partial charge on any atom is -0.310 e. The van der Waals surface area contributed by atoms with Crippen LogP contribution in [0.25, 0.3) is 0 Å². The molecule has 1 N–H and O–H groups in total. The topological polar surface area (TPSA) is 12.0 Å². The van der Waals surface area contributed by atoms with E-state index in [4.69, 9.17) is 0 Å². The monoisotopic (exact) mass is 401 g/mol. The number of rotatable bonds is 4. The van der Waals surface area contributed by atoms with Crippen LogP contribution in [0.1, 0.15) is 51.6 Å². The van der Waals surface area contributed by atoms with Gasteiger partial charge in [-0.05, 0) is 67.3 Å². The molecule has 0 amide bonds. The van der Waals surface area contributed by atoms with Crippen LogP contribution in [0.2, 0.25) is 0 Å². The molecule has 20 heavy (non-hydrogen) atoms. The van der Waals surface area contributed by atoms with Crippen LogP contribution < -0.4 is 5.32 Å². The molecule has 3 heteroatoms. The maximum absolute atomic E-state index is 3.74. The second-order valence-corrected chi connectivity index (χ2v) is 8.15. The second kappa shape index (κ2) is 7.42. The summed E-state index contributed by atoms with van der Waals surface area (Å²) in [6.07, 6.45) is 4.05. The minimum atomic E-state index is 0.456. The van der Waals surface area contributed by atoms with Crippen molar-refractivity contribution in [1.82, 2.24) is 5.32 Å². The lowest BCUT2D eigenvalue weighted by Crippen LogP contribution is -2.33. The zero-order chi connectivity index (χ0) is 14.7. The van der Waals surface area contributed by atoms with Gasteiger partial charge in [-0.2, -0.15) is 0 Å². The molecule has 1 saturated carbocycles. The molecule has 2 rings (SSSR count). The lowest BCUT2D eigenvalue weighted by atomic mass is 9.72. The first kappa shape index (κ1) is 16.5. The van der Waals surface area contributed by atoms with E-state index in [2.05, 4.69) is 76.1 Å². The Morgan fingerprint density at radius 1 is 1.15 bits per heavy atom. The standard InChI is InChI=1S/C17H25Br2N/c1-4-20-17(13-8-11(2)7-12(3)9-13)15-10-14(18)5-6-16(15)19/h5-6,10-13,17,20H,4,7-9H2,1-3H3. The van der Waals surface area contributed by atoms with E-state index in [0.717, 1.165) is 28.8 Å². The zero-order valence-corrected chi connectivity index (χ0v) is 15.8. The van der Waals surface area contributed by atoms with E-state index in [-0.39, 0.29) is 0 Å². The lowest BCUT2D eigenvalue weighted by Gasteiger charge is -2.37. The van der Waals surface area contributed by atoms with E-state index >= 15 is 0 Å². The molecule has 0 aromatic heterocycles. The fraction of sp³-hybridized carbons (Fsp3) is 0.647. The highest BCUT2D eigenvalue weighted by Crippen LogP contribution is 2.41. The first-order chi connectivity index (χ1) is 9.51. The Labute approximate surface area is 140 Å². The highest BCUT2D eigenvalue weighted by Gasteiger charge is 2.31. The average Bonchev–Trinajstić information content (AvgIpc) is 2.38. The van der Waals surface area contributed by atoms with Crippen LogP contribution in [0, 0.1) is 17.8 Å². The molecule has 1 aliphatic rings. The van der Waals surface area contributed by atoms with Gasteiger partial charge >= 0.3 is 0 Å². The number of hydrogen-bond donors (Lipinski definition) is 1. The minimum absolute atomic E-state index is 0.456. The zero-order valence-electron chi connectivity index (χ0n) is 12.6. The second-order valence-electron chi connectivity index (χ2n) is 6.38. The van der Waals surface area contributed by atoms with Crippen molar-refractivity contribution in [2.75, 3.05) is 6.54 Å². The van der Waals surface area contributed by atoms with Crippen LogP contribution in [0.3, 0.4) is 0 Å². The summed E-state index contributed by atoms with van der Waals surface area (Å²) in [5.41, 5.74) is 1.40. The summed E-state index contributed by atoms with van der Waals surface area (Å²) >= 11 is 7.35. The summed E-state index contributed by atoms with van der Waals surface area (Å²) < 4.78 is 2.38. The molecule has 1 aliphatic carbocycles. The van der Waals surface area contributed by atoms with E-state index in [0.29, 0.717) is 6.04 Å². The van der Waals surface area contributed by atoms with Crippen molar-refractivity contribution in [2.45, 2.75) is 46.1 Å².